The summed E-state index contributed by atoms with van der Waals surface area (Å²) in [5.74, 6) is 0. The molecule has 2 nitrogen and oxygen atoms in total. The molecule has 0 bridgehead atoms. The number of unbranched alkanes of at least 4 members (excludes halogenated alkanes) is 2. The average Bonchev–Trinajstić information content (AvgIpc) is 2.28. The summed E-state index contributed by atoms with van der Waals surface area (Å²) >= 11 is 0. The minimum Gasteiger partial charge on any atom is -0.311 e. The van der Waals surface area contributed by atoms with Gasteiger partial charge in [0.05, 0.1) is 0 Å². The van der Waals surface area contributed by atoms with E-state index in [0.717, 1.165) is 12.1 Å². The summed E-state index contributed by atoms with van der Waals surface area (Å²) in [6.07, 6.45) is 8.23. The molecule has 0 aromatic heterocycles. The molecule has 102 valence electrons. The Kier molecular flexibility index (Phi) is 7.14. The van der Waals surface area contributed by atoms with Gasteiger partial charge in [0.25, 0.3) is 0 Å². The van der Waals surface area contributed by atoms with Crippen molar-refractivity contribution in [3.8, 4) is 0 Å². The molecule has 0 aliphatic carbocycles. The Balaban J connectivity index is 2.27. The van der Waals surface area contributed by atoms with Gasteiger partial charge in [-0.3, -0.25) is 4.90 Å². The molecule has 2 atom stereocenters. The van der Waals surface area contributed by atoms with E-state index in [0.29, 0.717) is 6.04 Å². The molecular weight excluding hydrogens is 208 g/mol. The number of nitrogens with zero attached hydrogens (tertiary/aromatic N) is 1. The highest BCUT2D eigenvalue weighted by atomic mass is 15.2. The molecule has 1 fully saturated rings. The lowest BCUT2D eigenvalue weighted by Gasteiger charge is -2.38. The van der Waals surface area contributed by atoms with Crippen LogP contribution in [0.4, 0.5) is 0 Å². The van der Waals surface area contributed by atoms with Gasteiger partial charge in [-0.1, -0.05) is 40.0 Å². The number of rotatable bonds is 7. The van der Waals surface area contributed by atoms with Crippen molar-refractivity contribution in [2.45, 2.75) is 84.3 Å². The van der Waals surface area contributed by atoms with Crippen LogP contribution in [0.1, 0.15) is 66.2 Å². The van der Waals surface area contributed by atoms with Gasteiger partial charge < -0.3 is 5.32 Å². The summed E-state index contributed by atoms with van der Waals surface area (Å²) in [6.45, 7) is 11.8. The average molecular weight is 240 g/mol. The maximum absolute atomic E-state index is 3.69. The fourth-order valence-electron chi connectivity index (χ4n) is 2.89. The van der Waals surface area contributed by atoms with E-state index in [9.17, 15) is 0 Å². The van der Waals surface area contributed by atoms with Crippen LogP contribution in [0.2, 0.25) is 0 Å². The van der Waals surface area contributed by atoms with Gasteiger partial charge in [-0.05, 0) is 32.7 Å². The smallest absolute Gasteiger partial charge is 0.0197 e. The molecule has 1 heterocycles. The predicted molar refractivity (Wildman–Crippen MR) is 76.5 cm³/mol. The minimum atomic E-state index is 0.621. The van der Waals surface area contributed by atoms with E-state index in [1.165, 1.54) is 51.6 Å². The standard InChI is InChI=1S/C15H32N2/c1-5-6-7-9-14(4)17-11-8-10-15(12-17)16-13(2)3/h13-16H,5-12H2,1-4H3. The lowest BCUT2D eigenvalue weighted by molar-refractivity contribution is 0.134. The van der Waals surface area contributed by atoms with Crippen LogP contribution in [0.25, 0.3) is 0 Å². The molecule has 0 aromatic carbocycles. The third-order valence-electron chi connectivity index (χ3n) is 3.87. The Bertz CT molecular complexity index is 191. The predicted octanol–water partition coefficient (Wildman–Crippen LogP) is 3.42. The van der Waals surface area contributed by atoms with Gasteiger partial charge in [-0.2, -0.15) is 0 Å². The Labute approximate surface area is 108 Å². The van der Waals surface area contributed by atoms with E-state index in [1.807, 2.05) is 0 Å². The molecule has 1 N–H and O–H groups in total. The first-order valence-corrected chi connectivity index (χ1v) is 7.63. The fourth-order valence-corrected chi connectivity index (χ4v) is 2.89. The van der Waals surface area contributed by atoms with E-state index in [1.54, 1.807) is 0 Å². The summed E-state index contributed by atoms with van der Waals surface area (Å²) in [4.78, 5) is 2.69. The van der Waals surface area contributed by atoms with Crippen LogP contribution in [-0.4, -0.2) is 36.1 Å². The van der Waals surface area contributed by atoms with Gasteiger partial charge in [0.15, 0.2) is 0 Å². The van der Waals surface area contributed by atoms with E-state index < -0.39 is 0 Å². The van der Waals surface area contributed by atoms with Gasteiger partial charge in [0.1, 0.15) is 0 Å². The summed E-state index contributed by atoms with van der Waals surface area (Å²) in [6, 6.07) is 2.12. The highest BCUT2D eigenvalue weighted by Crippen LogP contribution is 2.17. The van der Waals surface area contributed by atoms with Gasteiger partial charge in [0.2, 0.25) is 0 Å². The molecule has 1 rings (SSSR count). The van der Waals surface area contributed by atoms with Crippen LogP contribution in [0.5, 0.6) is 0 Å². The topological polar surface area (TPSA) is 15.3 Å². The van der Waals surface area contributed by atoms with E-state index in [4.69, 9.17) is 0 Å². The van der Waals surface area contributed by atoms with Crippen molar-refractivity contribution in [3.05, 3.63) is 0 Å². The molecule has 0 radical (unpaired) electrons. The van der Waals surface area contributed by atoms with Gasteiger partial charge >= 0.3 is 0 Å². The lowest BCUT2D eigenvalue weighted by Crippen LogP contribution is -2.50. The van der Waals surface area contributed by atoms with Gasteiger partial charge in [-0.25, -0.2) is 0 Å². The first-order valence-electron chi connectivity index (χ1n) is 7.63. The summed E-state index contributed by atoms with van der Waals surface area (Å²) < 4.78 is 0. The highest BCUT2D eigenvalue weighted by Gasteiger charge is 2.23. The number of likely N-dealkylation sites (tertiary alicyclic amines) is 1. The first-order chi connectivity index (χ1) is 8.13. The van der Waals surface area contributed by atoms with Crippen molar-refractivity contribution < 1.29 is 0 Å². The maximum atomic E-state index is 3.69. The number of hydrogen-bond acceptors (Lipinski definition) is 2. The largest absolute Gasteiger partial charge is 0.311 e. The zero-order chi connectivity index (χ0) is 12.7. The van der Waals surface area contributed by atoms with Gasteiger partial charge in [0, 0.05) is 24.7 Å². The third kappa shape index (κ3) is 5.87. The second-order valence-corrected chi connectivity index (χ2v) is 6.00. The minimum absolute atomic E-state index is 0.621. The van der Waals surface area contributed by atoms with Crippen molar-refractivity contribution in [2.24, 2.45) is 0 Å². The monoisotopic (exact) mass is 240 g/mol. The first kappa shape index (κ1) is 15.0. The normalized spacial score (nSPS) is 24.2. The molecule has 1 saturated heterocycles. The number of hydrogen-bond donors (Lipinski definition) is 1. The van der Waals surface area contributed by atoms with Crippen molar-refractivity contribution >= 4 is 0 Å². The third-order valence-corrected chi connectivity index (χ3v) is 3.87. The molecule has 0 spiro atoms. The number of piperidine rings is 1. The summed E-state index contributed by atoms with van der Waals surface area (Å²) in [5.41, 5.74) is 0. The molecule has 1 aliphatic heterocycles. The molecule has 2 heteroatoms. The van der Waals surface area contributed by atoms with Crippen molar-refractivity contribution in [1.82, 2.24) is 10.2 Å². The molecule has 0 saturated carbocycles. The molecular formula is C15H32N2. The SMILES string of the molecule is CCCCCC(C)N1CCCC(NC(C)C)C1. The van der Waals surface area contributed by atoms with E-state index in [-0.39, 0.29) is 0 Å². The van der Waals surface area contributed by atoms with Crippen LogP contribution >= 0.6 is 0 Å². The summed E-state index contributed by atoms with van der Waals surface area (Å²) in [7, 11) is 0. The fraction of sp³-hybridized carbons (Fsp3) is 1.00. The Morgan fingerprint density at radius 2 is 2.00 bits per heavy atom. The quantitative estimate of drug-likeness (QED) is 0.686. The van der Waals surface area contributed by atoms with Crippen LogP contribution in [0.15, 0.2) is 0 Å². The highest BCUT2D eigenvalue weighted by molar-refractivity contribution is 4.82. The van der Waals surface area contributed by atoms with Crippen molar-refractivity contribution in [2.75, 3.05) is 13.1 Å². The summed E-state index contributed by atoms with van der Waals surface area (Å²) in [5, 5.41) is 3.69. The van der Waals surface area contributed by atoms with E-state index >= 15 is 0 Å². The second-order valence-electron chi connectivity index (χ2n) is 6.00. The Morgan fingerprint density at radius 1 is 1.24 bits per heavy atom. The van der Waals surface area contributed by atoms with Crippen molar-refractivity contribution in [3.63, 3.8) is 0 Å². The van der Waals surface area contributed by atoms with Crippen LogP contribution < -0.4 is 5.32 Å². The molecule has 17 heavy (non-hydrogen) atoms. The van der Waals surface area contributed by atoms with E-state index in [2.05, 4.69) is 37.9 Å². The van der Waals surface area contributed by atoms with Crippen LogP contribution in [0.3, 0.4) is 0 Å². The zero-order valence-electron chi connectivity index (χ0n) is 12.3. The molecule has 0 aromatic rings. The molecule has 1 aliphatic rings. The Morgan fingerprint density at radius 3 is 2.65 bits per heavy atom. The maximum Gasteiger partial charge on any atom is 0.0197 e. The molecule has 0 amide bonds. The Hall–Kier alpha value is -0.0800. The zero-order valence-corrected chi connectivity index (χ0v) is 12.3. The van der Waals surface area contributed by atoms with Gasteiger partial charge in [-0.15, -0.1) is 0 Å². The molecule has 2 unspecified atom stereocenters. The van der Waals surface area contributed by atoms with Crippen molar-refractivity contribution in [1.29, 1.82) is 0 Å². The van der Waals surface area contributed by atoms with Crippen LogP contribution in [0, 0.1) is 0 Å². The number of nitrogens with one attached hydrogen (secondary N) is 1. The lowest BCUT2D eigenvalue weighted by atomic mass is 10.0. The second kappa shape index (κ2) is 8.10. The van der Waals surface area contributed by atoms with Crippen LogP contribution in [-0.2, 0) is 0 Å².